The van der Waals surface area contributed by atoms with Crippen LogP contribution in [0.1, 0.15) is 18.9 Å². The smallest absolute Gasteiger partial charge is 0.333 e. The minimum atomic E-state index is -0.380. The van der Waals surface area contributed by atoms with E-state index >= 15 is 0 Å². The Kier molecular flexibility index (Phi) is 4.79. The number of nitrogens with zero attached hydrogens (tertiary/aromatic N) is 3. The number of carbonyl (C=O) groups is 1. The first-order valence-corrected chi connectivity index (χ1v) is 8.01. The number of hydrogen-bond acceptors (Lipinski definition) is 5. The standard InChI is InChI=1S/C19H19N3O3/c1-13(2)19(24)25-11-5-6-14-9-10-17(18(23)12-14)22-20-15-7-3-4-8-16(15)21-22/h3-4,7-10,12,23H,1,5-6,11H2,2H3. The molecule has 0 unspecified atom stereocenters. The number of esters is 1. The van der Waals surface area contributed by atoms with E-state index in [1.54, 1.807) is 19.1 Å². The van der Waals surface area contributed by atoms with Crippen molar-refractivity contribution in [3.05, 3.63) is 60.2 Å². The van der Waals surface area contributed by atoms with E-state index in [0.29, 0.717) is 30.7 Å². The van der Waals surface area contributed by atoms with Crippen molar-refractivity contribution in [2.45, 2.75) is 19.8 Å². The number of ether oxygens (including phenoxy) is 1. The molecule has 0 radical (unpaired) electrons. The first-order valence-electron chi connectivity index (χ1n) is 8.01. The van der Waals surface area contributed by atoms with E-state index in [4.69, 9.17) is 4.74 Å². The third-order valence-electron chi connectivity index (χ3n) is 3.73. The molecule has 0 amide bonds. The van der Waals surface area contributed by atoms with Crippen LogP contribution >= 0.6 is 0 Å². The van der Waals surface area contributed by atoms with Crippen LogP contribution in [0.25, 0.3) is 16.7 Å². The summed E-state index contributed by atoms with van der Waals surface area (Å²) in [6, 6.07) is 12.9. The Morgan fingerprint density at radius 2 is 1.88 bits per heavy atom. The molecule has 0 aliphatic carbocycles. The van der Waals surface area contributed by atoms with E-state index in [1.807, 2.05) is 30.3 Å². The van der Waals surface area contributed by atoms with Crippen molar-refractivity contribution in [2.75, 3.05) is 6.61 Å². The van der Waals surface area contributed by atoms with E-state index < -0.39 is 0 Å². The van der Waals surface area contributed by atoms with Crippen molar-refractivity contribution in [3.8, 4) is 11.4 Å². The molecule has 1 aromatic heterocycles. The first kappa shape index (κ1) is 16.7. The number of aryl methyl sites for hydroxylation is 1. The van der Waals surface area contributed by atoms with Gasteiger partial charge in [0, 0.05) is 5.57 Å². The molecule has 1 heterocycles. The Morgan fingerprint density at radius 1 is 1.20 bits per heavy atom. The zero-order chi connectivity index (χ0) is 17.8. The van der Waals surface area contributed by atoms with Crippen molar-refractivity contribution >= 4 is 17.0 Å². The molecular formula is C19H19N3O3. The van der Waals surface area contributed by atoms with Gasteiger partial charge in [-0.05, 0) is 49.6 Å². The maximum absolute atomic E-state index is 11.3. The molecule has 0 aliphatic heterocycles. The predicted molar refractivity (Wildman–Crippen MR) is 94.6 cm³/mol. The summed E-state index contributed by atoms with van der Waals surface area (Å²) in [4.78, 5) is 12.7. The molecule has 3 rings (SSSR count). The van der Waals surface area contributed by atoms with E-state index in [1.165, 1.54) is 4.80 Å². The quantitative estimate of drug-likeness (QED) is 0.425. The topological polar surface area (TPSA) is 77.2 Å². The van der Waals surface area contributed by atoms with Gasteiger partial charge < -0.3 is 9.84 Å². The molecule has 6 heteroatoms. The third kappa shape index (κ3) is 3.85. The summed E-state index contributed by atoms with van der Waals surface area (Å²) in [7, 11) is 0. The lowest BCUT2D eigenvalue weighted by atomic mass is 10.1. The van der Waals surface area contributed by atoms with Crippen LogP contribution in [0.2, 0.25) is 0 Å². The number of phenolic OH excluding ortho intramolecular Hbond substituents is 1. The van der Waals surface area contributed by atoms with Crippen LogP contribution in [0, 0.1) is 0 Å². The zero-order valence-electron chi connectivity index (χ0n) is 14.0. The van der Waals surface area contributed by atoms with E-state index in [-0.39, 0.29) is 11.7 Å². The lowest BCUT2D eigenvalue weighted by molar-refractivity contribution is -0.139. The van der Waals surface area contributed by atoms with Gasteiger partial charge in [0.05, 0.1) is 6.61 Å². The van der Waals surface area contributed by atoms with Gasteiger partial charge in [-0.25, -0.2) is 4.79 Å². The van der Waals surface area contributed by atoms with Crippen molar-refractivity contribution in [1.29, 1.82) is 0 Å². The molecule has 128 valence electrons. The highest BCUT2D eigenvalue weighted by Crippen LogP contribution is 2.23. The molecule has 0 saturated heterocycles. The Labute approximate surface area is 145 Å². The van der Waals surface area contributed by atoms with E-state index in [2.05, 4.69) is 16.8 Å². The molecule has 0 spiro atoms. The molecular weight excluding hydrogens is 318 g/mol. The second-order valence-electron chi connectivity index (χ2n) is 5.82. The number of fused-ring (bicyclic) bond motifs is 1. The summed E-state index contributed by atoms with van der Waals surface area (Å²) in [5, 5.41) is 19.0. The van der Waals surface area contributed by atoms with Gasteiger partial charge in [-0.1, -0.05) is 24.8 Å². The molecule has 0 fully saturated rings. The van der Waals surface area contributed by atoms with Crippen LogP contribution in [-0.4, -0.2) is 32.7 Å². The molecule has 0 bridgehead atoms. The normalized spacial score (nSPS) is 10.8. The number of benzene rings is 2. The summed E-state index contributed by atoms with van der Waals surface area (Å²) in [5.74, 6) is -0.272. The summed E-state index contributed by atoms with van der Waals surface area (Å²) in [6.07, 6.45) is 1.35. The Balaban J connectivity index is 1.66. The van der Waals surface area contributed by atoms with Gasteiger partial charge in [0.1, 0.15) is 22.5 Å². The SMILES string of the molecule is C=C(C)C(=O)OCCCc1ccc(-n2nc3ccccc3n2)c(O)c1. The van der Waals surface area contributed by atoms with Gasteiger partial charge >= 0.3 is 5.97 Å². The Bertz CT molecular complexity index is 898. The summed E-state index contributed by atoms with van der Waals surface area (Å²) in [5.41, 5.74) is 3.40. The van der Waals surface area contributed by atoms with Gasteiger partial charge in [-0.2, -0.15) is 0 Å². The summed E-state index contributed by atoms with van der Waals surface area (Å²) in [6.45, 7) is 5.47. The van der Waals surface area contributed by atoms with Crippen molar-refractivity contribution in [2.24, 2.45) is 0 Å². The maximum atomic E-state index is 11.3. The maximum Gasteiger partial charge on any atom is 0.333 e. The summed E-state index contributed by atoms with van der Waals surface area (Å²) < 4.78 is 5.06. The van der Waals surface area contributed by atoms with Crippen LogP contribution in [0.5, 0.6) is 5.75 Å². The van der Waals surface area contributed by atoms with Gasteiger partial charge in [-0.3, -0.25) is 0 Å². The first-order chi connectivity index (χ1) is 12.0. The average Bonchev–Trinajstić information content (AvgIpc) is 3.02. The molecule has 0 saturated carbocycles. The largest absolute Gasteiger partial charge is 0.506 e. The van der Waals surface area contributed by atoms with Crippen molar-refractivity contribution < 1.29 is 14.6 Å². The lowest BCUT2D eigenvalue weighted by Crippen LogP contribution is -2.07. The van der Waals surface area contributed by atoms with Crippen LogP contribution in [0.15, 0.2) is 54.6 Å². The number of hydrogen-bond donors (Lipinski definition) is 1. The highest BCUT2D eigenvalue weighted by Gasteiger charge is 2.09. The van der Waals surface area contributed by atoms with Gasteiger partial charge in [-0.15, -0.1) is 15.0 Å². The van der Waals surface area contributed by atoms with Crippen LogP contribution in [0.4, 0.5) is 0 Å². The molecule has 3 aromatic rings. The van der Waals surface area contributed by atoms with Gasteiger partial charge in [0.25, 0.3) is 0 Å². The molecule has 0 aliphatic rings. The van der Waals surface area contributed by atoms with E-state index in [9.17, 15) is 9.90 Å². The fourth-order valence-electron chi connectivity index (χ4n) is 2.43. The van der Waals surface area contributed by atoms with Crippen LogP contribution < -0.4 is 0 Å². The molecule has 2 aromatic carbocycles. The van der Waals surface area contributed by atoms with Crippen molar-refractivity contribution in [3.63, 3.8) is 0 Å². The molecule has 0 atom stereocenters. The number of phenols is 1. The van der Waals surface area contributed by atoms with Gasteiger partial charge in [0.15, 0.2) is 0 Å². The third-order valence-corrected chi connectivity index (χ3v) is 3.73. The lowest BCUT2D eigenvalue weighted by Gasteiger charge is -2.07. The number of aromatic hydroxyl groups is 1. The number of carbonyl (C=O) groups excluding carboxylic acids is 1. The highest BCUT2D eigenvalue weighted by atomic mass is 16.5. The number of aromatic nitrogens is 3. The molecule has 6 nitrogen and oxygen atoms in total. The monoisotopic (exact) mass is 337 g/mol. The van der Waals surface area contributed by atoms with Crippen molar-refractivity contribution in [1.82, 2.24) is 15.0 Å². The van der Waals surface area contributed by atoms with Gasteiger partial charge in [0.2, 0.25) is 0 Å². The molecule has 1 N–H and O–H groups in total. The molecule has 25 heavy (non-hydrogen) atoms. The minimum absolute atomic E-state index is 0.108. The minimum Gasteiger partial charge on any atom is -0.506 e. The second kappa shape index (κ2) is 7.17. The Morgan fingerprint density at radius 3 is 2.48 bits per heavy atom. The van der Waals surface area contributed by atoms with E-state index in [0.717, 1.165) is 16.6 Å². The van der Waals surface area contributed by atoms with Crippen LogP contribution in [0.3, 0.4) is 0 Å². The predicted octanol–water partition coefficient (Wildman–Crippen LogP) is 3.18. The average molecular weight is 337 g/mol. The highest BCUT2D eigenvalue weighted by molar-refractivity contribution is 5.86. The Hall–Kier alpha value is -3.15. The van der Waals surface area contributed by atoms with Crippen LogP contribution in [-0.2, 0) is 16.0 Å². The summed E-state index contributed by atoms with van der Waals surface area (Å²) >= 11 is 0. The number of rotatable bonds is 6. The zero-order valence-corrected chi connectivity index (χ0v) is 14.0. The fourth-order valence-corrected chi connectivity index (χ4v) is 2.43. The second-order valence-corrected chi connectivity index (χ2v) is 5.82. The fraction of sp³-hybridized carbons (Fsp3) is 0.211.